The summed E-state index contributed by atoms with van der Waals surface area (Å²) in [5.41, 5.74) is 0.962. The van der Waals surface area contributed by atoms with E-state index in [9.17, 15) is 4.79 Å². The second-order valence-corrected chi connectivity index (χ2v) is 4.92. The minimum atomic E-state index is -0.466. The fraction of sp³-hybridized carbons (Fsp3) is 0.417. The second-order valence-electron chi connectivity index (χ2n) is 3.89. The molecule has 0 saturated carbocycles. The second kappa shape index (κ2) is 6.44. The summed E-state index contributed by atoms with van der Waals surface area (Å²) in [6.07, 6.45) is 0. The zero-order chi connectivity index (χ0) is 13.7. The minimum Gasteiger partial charge on any atom is -0.458 e. The average Bonchev–Trinajstić information content (AvgIpc) is 3.02. The van der Waals surface area contributed by atoms with Crippen LogP contribution in [-0.2, 0) is 16.0 Å². The molecule has 0 amide bonds. The molecule has 2 aromatic heterocycles. The fourth-order valence-electron chi connectivity index (χ4n) is 1.54. The highest BCUT2D eigenvalue weighted by Crippen LogP contribution is 2.13. The van der Waals surface area contributed by atoms with Gasteiger partial charge in [-0.1, -0.05) is 11.3 Å². The molecule has 2 rings (SSSR count). The van der Waals surface area contributed by atoms with Crippen molar-refractivity contribution in [2.45, 2.75) is 13.5 Å². The van der Waals surface area contributed by atoms with E-state index in [-0.39, 0.29) is 12.3 Å². The molecule has 7 heteroatoms. The smallest absolute Gasteiger partial charge is 0.360 e. The van der Waals surface area contributed by atoms with Gasteiger partial charge in [0, 0.05) is 12.0 Å². The van der Waals surface area contributed by atoms with Crippen molar-refractivity contribution in [2.24, 2.45) is 0 Å². The zero-order valence-electron chi connectivity index (χ0n) is 10.8. The van der Waals surface area contributed by atoms with Crippen LogP contribution in [0.1, 0.15) is 21.1 Å². The highest BCUT2D eigenvalue weighted by atomic mass is 32.1. The third kappa shape index (κ3) is 3.39. The molecule has 102 valence electrons. The number of aromatic nitrogens is 3. The first kappa shape index (κ1) is 13.7. The molecule has 0 bridgehead atoms. The Balaban J connectivity index is 2.03. The number of carbonyl (C=O) groups excluding carboxylic acids is 1. The highest BCUT2D eigenvalue weighted by Gasteiger charge is 2.17. The van der Waals surface area contributed by atoms with Crippen molar-refractivity contribution in [3.63, 3.8) is 0 Å². The first-order valence-electron chi connectivity index (χ1n) is 5.81. The Labute approximate surface area is 115 Å². The van der Waals surface area contributed by atoms with Crippen LogP contribution in [0.15, 0.2) is 17.5 Å². The maximum atomic E-state index is 11.8. The van der Waals surface area contributed by atoms with Gasteiger partial charge in [0.25, 0.3) is 0 Å². The van der Waals surface area contributed by atoms with Gasteiger partial charge in [0.15, 0.2) is 5.69 Å². The topological polar surface area (TPSA) is 66.2 Å². The normalized spacial score (nSPS) is 10.6. The van der Waals surface area contributed by atoms with Crippen LogP contribution >= 0.6 is 11.3 Å². The standard InChI is InChI=1S/C12H15N3O3S/c1-9-11(12(16)18-6-5-17-2)13-14-15(9)8-10-4-3-7-19-10/h3-4,7H,5-6,8H2,1-2H3. The number of methoxy groups -OCH3 is 1. The molecular weight excluding hydrogens is 266 g/mol. The van der Waals surface area contributed by atoms with E-state index in [1.165, 1.54) is 0 Å². The van der Waals surface area contributed by atoms with Gasteiger partial charge in [-0.25, -0.2) is 9.48 Å². The van der Waals surface area contributed by atoms with Gasteiger partial charge in [0.2, 0.25) is 0 Å². The lowest BCUT2D eigenvalue weighted by atomic mass is 10.3. The molecule has 2 heterocycles. The molecule has 0 atom stereocenters. The summed E-state index contributed by atoms with van der Waals surface area (Å²) in [7, 11) is 1.55. The van der Waals surface area contributed by atoms with Crippen LogP contribution in [0.5, 0.6) is 0 Å². The molecule has 0 N–H and O–H groups in total. The Morgan fingerprint density at radius 1 is 1.47 bits per heavy atom. The minimum absolute atomic E-state index is 0.215. The lowest BCUT2D eigenvalue weighted by Gasteiger charge is -2.03. The summed E-state index contributed by atoms with van der Waals surface area (Å²) in [4.78, 5) is 12.9. The molecule has 0 radical (unpaired) electrons. The highest BCUT2D eigenvalue weighted by molar-refractivity contribution is 7.09. The number of rotatable bonds is 6. The molecule has 0 spiro atoms. The maximum Gasteiger partial charge on any atom is 0.360 e. The van der Waals surface area contributed by atoms with Crippen molar-refractivity contribution >= 4 is 17.3 Å². The Bertz CT molecular complexity index is 536. The summed E-state index contributed by atoms with van der Waals surface area (Å²) in [6.45, 7) is 3.00. The first-order valence-corrected chi connectivity index (χ1v) is 6.69. The Hall–Kier alpha value is -1.73. The largest absolute Gasteiger partial charge is 0.458 e. The third-order valence-electron chi connectivity index (χ3n) is 2.58. The zero-order valence-corrected chi connectivity index (χ0v) is 11.6. The molecule has 0 saturated heterocycles. The maximum absolute atomic E-state index is 11.8. The quantitative estimate of drug-likeness (QED) is 0.593. The summed E-state index contributed by atoms with van der Waals surface area (Å²) >= 11 is 1.64. The lowest BCUT2D eigenvalue weighted by Crippen LogP contribution is -2.12. The van der Waals surface area contributed by atoms with Gasteiger partial charge in [0.1, 0.15) is 6.61 Å². The van der Waals surface area contributed by atoms with Crippen LogP contribution < -0.4 is 0 Å². The van der Waals surface area contributed by atoms with Crippen molar-refractivity contribution < 1.29 is 14.3 Å². The molecule has 0 aliphatic heterocycles. The van der Waals surface area contributed by atoms with Crippen molar-refractivity contribution in [2.75, 3.05) is 20.3 Å². The summed E-state index contributed by atoms with van der Waals surface area (Å²) in [6, 6.07) is 3.99. The molecule has 0 aliphatic rings. The monoisotopic (exact) mass is 281 g/mol. The van der Waals surface area contributed by atoms with E-state index < -0.39 is 5.97 Å². The van der Waals surface area contributed by atoms with E-state index in [4.69, 9.17) is 9.47 Å². The number of hydrogen-bond acceptors (Lipinski definition) is 6. The van der Waals surface area contributed by atoms with E-state index in [1.807, 2.05) is 17.5 Å². The summed E-state index contributed by atoms with van der Waals surface area (Å²) in [5.74, 6) is -0.466. The van der Waals surface area contributed by atoms with E-state index in [1.54, 1.807) is 30.1 Å². The van der Waals surface area contributed by atoms with E-state index >= 15 is 0 Å². The van der Waals surface area contributed by atoms with E-state index in [0.717, 1.165) is 4.88 Å². The Kier molecular flexibility index (Phi) is 4.64. The first-order chi connectivity index (χ1) is 9.22. The van der Waals surface area contributed by atoms with Crippen LogP contribution in [0.3, 0.4) is 0 Å². The number of nitrogens with zero attached hydrogens (tertiary/aromatic N) is 3. The van der Waals surface area contributed by atoms with Crippen molar-refractivity contribution in [1.29, 1.82) is 0 Å². The number of thiophene rings is 1. The third-order valence-corrected chi connectivity index (χ3v) is 3.44. The summed E-state index contributed by atoms with van der Waals surface area (Å²) in [5, 5.41) is 9.86. The van der Waals surface area contributed by atoms with Crippen molar-refractivity contribution in [3.05, 3.63) is 33.8 Å². The number of esters is 1. The van der Waals surface area contributed by atoms with Gasteiger partial charge in [0.05, 0.1) is 18.8 Å². The van der Waals surface area contributed by atoms with E-state index in [0.29, 0.717) is 18.8 Å². The molecule has 0 fully saturated rings. The number of carbonyl (C=O) groups is 1. The predicted octanol–water partition coefficient (Wildman–Crippen LogP) is 1.50. The van der Waals surface area contributed by atoms with Crippen molar-refractivity contribution in [3.8, 4) is 0 Å². The fourth-order valence-corrected chi connectivity index (χ4v) is 2.22. The molecular formula is C12H15N3O3S. The predicted molar refractivity (Wildman–Crippen MR) is 70.3 cm³/mol. The van der Waals surface area contributed by atoms with Gasteiger partial charge >= 0.3 is 5.97 Å². The van der Waals surface area contributed by atoms with Crippen LogP contribution in [0, 0.1) is 6.92 Å². The molecule has 6 nitrogen and oxygen atoms in total. The van der Waals surface area contributed by atoms with Crippen molar-refractivity contribution in [1.82, 2.24) is 15.0 Å². The van der Waals surface area contributed by atoms with Crippen LogP contribution in [0.25, 0.3) is 0 Å². The van der Waals surface area contributed by atoms with E-state index in [2.05, 4.69) is 10.3 Å². The van der Waals surface area contributed by atoms with Gasteiger partial charge in [-0.2, -0.15) is 0 Å². The molecule has 0 aliphatic carbocycles. The molecule has 19 heavy (non-hydrogen) atoms. The Morgan fingerprint density at radius 3 is 3.00 bits per heavy atom. The number of hydrogen-bond donors (Lipinski definition) is 0. The van der Waals surface area contributed by atoms with Gasteiger partial charge < -0.3 is 9.47 Å². The van der Waals surface area contributed by atoms with Gasteiger partial charge in [-0.15, -0.1) is 16.4 Å². The van der Waals surface area contributed by atoms with Crippen LogP contribution in [-0.4, -0.2) is 41.3 Å². The molecule has 0 unspecified atom stereocenters. The lowest BCUT2D eigenvalue weighted by molar-refractivity contribution is 0.0380. The molecule has 2 aromatic rings. The van der Waals surface area contributed by atoms with Crippen LogP contribution in [0.2, 0.25) is 0 Å². The number of ether oxygens (including phenoxy) is 2. The SMILES string of the molecule is COCCOC(=O)c1nnn(Cc2cccs2)c1C. The van der Waals surface area contributed by atoms with Gasteiger partial charge in [-0.3, -0.25) is 0 Å². The van der Waals surface area contributed by atoms with Crippen LogP contribution in [0.4, 0.5) is 0 Å². The average molecular weight is 281 g/mol. The molecule has 0 aromatic carbocycles. The Morgan fingerprint density at radius 2 is 2.32 bits per heavy atom. The summed E-state index contributed by atoms with van der Waals surface area (Å²) < 4.78 is 11.5. The van der Waals surface area contributed by atoms with Gasteiger partial charge in [-0.05, 0) is 18.4 Å².